The Kier molecular flexibility index (Phi) is 6.32. The van der Waals surface area contributed by atoms with Gasteiger partial charge >= 0.3 is 6.03 Å². The molecule has 1 N–H and O–H groups in total. The Bertz CT molecular complexity index is 879. The number of para-hydroxylation sites is 1. The summed E-state index contributed by atoms with van der Waals surface area (Å²) in [5.74, 6) is -0.0425. The average Bonchev–Trinajstić information content (AvgIpc) is 3.34. The van der Waals surface area contributed by atoms with Crippen LogP contribution in [0.4, 0.5) is 10.5 Å². The van der Waals surface area contributed by atoms with Crippen molar-refractivity contribution in [2.24, 2.45) is 5.92 Å². The highest BCUT2D eigenvalue weighted by atomic mass is 32.1. The quantitative estimate of drug-likeness (QED) is 0.820. The molecule has 158 valence electrons. The number of rotatable bonds is 3. The van der Waals surface area contributed by atoms with Gasteiger partial charge in [-0.25, -0.2) is 4.79 Å². The van der Waals surface area contributed by atoms with E-state index in [-0.39, 0.29) is 23.8 Å². The first-order chi connectivity index (χ1) is 14.6. The topological polar surface area (TPSA) is 73.0 Å². The minimum atomic E-state index is -0.160. The highest BCUT2D eigenvalue weighted by molar-refractivity contribution is 7.12. The van der Waals surface area contributed by atoms with Crippen molar-refractivity contribution in [3.05, 3.63) is 52.7 Å². The van der Waals surface area contributed by atoms with Crippen molar-refractivity contribution in [1.82, 2.24) is 14.7 Å². The van der Waals surface area contributed by atoms with E-state index in [1.54, 1.807) is 4.90 Å². The van der Waals surface area contributed by atoms with Gasteiger partial charge in [-0.05, 0) is 36.4 Å². The van der Waals surface area contributed by atoms with Gasteiger partial charge < -0.3 is 20.0 Å². The summed E-state index contributed by atoms with van der Waals surface area (Å²) in [6.07, 6.45) is 1.65. The molecule has 7 nitrogen and oxygen atoms in total. The van der Waals surface area contributed by atoms with Crippen LogP contribution in [0.1, 0.15) is 22.5 Å². The maximum Gasteiger partial charge on any atom is 0.321 e. The van der Waals surface area contributed by atoms with Crippen LogP contribution >= 0.6 is 11.3 Å². The fourth-order valence-corrected chi connectivity index (χ4v) is 4.72. The second-order valence-corrected chi connectivity index (χ2v) is 8.62. The molecule has 0 aliphatic carbocycles. The number of thiophene rings is 1. The molecule has 2 aliphatic heterocycles. The number of benzene rings is 1. The van der Waals surface area contributed by atoms with E-state index in [4.69, 9.17) is 0 Å². The molecular weight excluding hydrogens is 400 g/mol. The monoisotopic (exact) mass is 426 g/mol. The van der Waals surface area contributed by atoms with Crippen molar-refractivity contribution in [3.63, 3.8) is 0 Å². The zero-order valence-corrected chi connectivity index (χ0v) is 17.6. The van der Waals surface area contributed by atoms with Crippen molar-refractivity contribution in [3.8, 4) is 0 Å². The summed E-state index contributed by atoms with van der Waals surface area (Å²) in [6.45, 7) is 3.25. The Labute approximate surface area is 180 Å². The molecule has 2 saturated heterocycles. The largest absolute Gasteiger partial charge is 0.339 e. The standard InChI is InChI=1S/C22H26N4O3S/c27-20(17-6-4-10-26(16-17)21(28)19-9-5-15-30-19)24-11-13-25(14-12-24)22(29)23-18-7-2-1-3-8-18/h1-3,5,7-9,15,17H,4,6,10-14,16H2,(H,23,29)/t17-/m0/s1. The number of nitrogens with one attached hydrogen (secondary N) is 1. The molecule has 0 unspecified atom stereocenters. The van der Waals surface area contributed by atoms with Crippen LogP contribution in [0.3, 0.4) is 0 Å². The molecule has 30 heavy (non-hydrogen) atoms. The maximum atomic E-state index is 13.0. The van der Waals surface area contributed by atoms with E-state index in [9.17, 15) is 14.4 Å². The molecule has 1 atom stereocenters. The molecule has 8 heteroatoms. The Morgan fingerprint density at radius 3 is 2.30 bits per heavy atom. The van der Waals surface area contributed by atoms with Crippen LogP contribution in [0.15, 0.2) is 47.8 Å². The summed E-state index contributed by atoms with van der Waals surface area (Å²) in [5.41, 5.74) is 0.763. The Balaban J connectivity index is 1.28. The van der Waals surface area contributed by atoms with Crippen molar-refractivity contribution in [1.29, 1.82) is 0 Å². The number of hydrogen-bond acceptors (Lipinski definition) is 4. The van der Waals surface area contributed by atoms with E-state index < -0.39 is 0 Å². The van der Waals surface area contributed by atoms with Crippen LogP contribution in [0, 0.1) is 5.92 Å². The predicted octanol–water partition coefficient (Wildman–Crippen LogP) is 2.98. The second-order valence-electron chi connectivity index (χ2n) is 7.68. The van der Waals surface area contributed by atoms with E-state index in [1.165, 1.54) is 11.3 Å². The van der Waals surface area contributed by atoms with E-state index in [2.05, 4.69) is 5.32 Å². The van der Waals surface area contributed by atoms with Crippen LogP contribution in [0.25, 0.3) is 0 Å². The normalized spacial score (nSPS) is 19.5. The van der Waals surface area contributed by atoms with Gasteiger partial charge in [0, 0.05) is 45.0 Å². The molecule has 2 aliphatic rings. The van der Waals surface area contributed by atoms with Crippen molar-refractivity contribution >= 4 is 34.9 Å². The van der Waals surface area contributed by atoms with E-state index in [1.807, 2.05) is 57.6 Å². The van der Waals surface area contributed by atoms with E-state index in [0.717, 1.165) is 23.4 Å². The smallest absolute Gasteiger partial charge is 0.321 e. The van der Waals surface area contributed by atoms with Crippen molar-refractivity contribution < 1.29 is 14.4 Å². The minimum Gasteiger partial charge on any atom is -0.339 e. The molecule has 1 aromatic heterocycles. The number of piperazine rings is 1. The number of piperidine rings is 1. The third kappa shape index (κ3) is 4.64. The predicted molar refractivity (Wildman–Crippen MR) is 117 cm³/mol. The highest BCUT2D eigenvalue weighted by Crippen LogP contribution is 2.23. The molecule has 2 fully saturated rings. The van der Waals surface area contributed by atoms with Gasteiger partial charge in [-0.15, -0.1) is 11.3 Å². The summed E-state index contributed by atoms with van der Waals surface area (Å²) < 4.78 is 0. The number of urea groups is 1. The SMILES string of the molecule is O=C(Nc1ccccc1)N1CCN(C(=O)[C@H]2CCCN(C(=O)c3cccs3)C2)CC1. The first kappa shape index (κ1) is 20.4. The fraction of sp³-hybridized carbons (Fsp3) is 0.409. The third-order valence-corrected chi connectivity index (χ3v) is 6.55. The molecule has 0 bridgehead atoms. The molecule has 0 radical (unpaired) electrons. The Hall–Kier alpha value is -2.87. The zero-order chi connectivity index (χ0) is 20.9. The molecule has 0 saturated carbocycles. The molecule has 1 aromatic carbocycles. The molecule has 4 amide bonds. The second kappa shape index (κ2) is 9.30. The highest BCUT2D eigenvalue weighted by Gasteiger charge is 2.33. The minimum absolute atomic E-state index is 0.0184. The molecular formula is C22H26N4O3S. The van der Waals surface area contributed by atoms with Gasteiger partial charge in [0.1, 0.15) is 0 Å². The van der Waals surface area contributed by atoms with Crippen molar-refractivity contribution in [2.45, 2.75) is 12.8 Å². The number of nitrogens with zero attached hydrogens (tertiary/aromatic N) is 3. The number of likely N-dealkylation sites (tertiary alicyclic amines) is 1. The summed E-state index contributed by atoms with van der Waals surface area (Å²) >= 11 is 1.44. The Morgan fingerprint density at radius 1 is 0.867 bits per heavy atom. The van der Waals surface area contributed by atoms with Gasteiger partial charge in [-0.3, -0.25) is 9.59 Å². The Morgan fingerprint density at radius 2 is 1.60 bits per heavy atom. The van der Waals surface area contributed by atoms with Gasteiger partial charge in [0.25, 0.3) is 5.91 Å². The first-order valence-electron chi connectivity index (χ1n) is 10.3. The van der Waals surface area contributed by atoms with Gasteiger partial charge in [0.15, 0.2) is 0 Å². The van der Waals surface area contributed by atoms with Crippen LogP contribution in [0.5, 0.6) is 0 Å². The number of carbonyl (C=O) groups excluding carboxylic acids is 3. The lowest BCUT2D eigenvalue weighted by atomic mass is 9.96. The lowest BCUT2D eigenvalue weighted by Crippen LogP contribution is -2.54. The fourth-order valence-electron chi connectivity index (χ4n) is 4.03. The molecule has 0 spiro atoms. The summed E-state index contributed by atoms with van der Waals surface area (Å²) in [4.78, 5) is 44.2. The maximum absolute atomic E-state index is 13.0. The van der Waals surface area contributed by atoms with Gasteiger partial charge in [-0.2, -0.15) is 0 Å². The van der Waals surface area contributed by atoms with Gasteiger partial charge in [0.05, 0.1) is 10.8 Å². The van der Waals surface area contributed by atoms with Crippen LogP contribution in [-0.2, 0) is 4.79 Å². The molecule has 4 rings (SSSR count). The summed E-state index contributed by atoms with van der Waals surface area (Å²) in [7, 11) is 0. The first-order valence-corrected chi connectivity index (χ1v) is 11.2. The summed E-state index contributed by atoms with van der Waals surface area (Å²) in [6, 6.07) is 12.9. The van der Waals surface area contributed by atoms with E-state index in [0.29, 0.717) is 39.3 Å². The average molecular weight is 427 g/mol. The molecule has 2 aromatic rings. The van der Waals surface area contributed by atoms with Gasteiger partial charge in [0.2, 0.25) is 5.91 Å². The van der Waals surface area contributed by atoms with Crippen LogP contribution < -0.4 is 5.32 Å². The lowest BCUT2D eigenvalue weighted by molar-refractivity contribution is -0.138. The number of anilines is 1. The van der Waals surface area contributed by atoms with Crippen LogP contribution in [-0.4, -0.2) is 71.8 Å². The number of amides is 4. The van der Waals surface area contributed by atoms with Crippen molar-refractivity contribution in [2.75, 3.05) is 44.6 Å². The molecule has 3 heterocycles. The summed E-state index contributed by atoms with van der Waals surface area (Å²) in [5, 5.41) is 4.79. The lowest BCUT2D eigenvalue weighted by Gasteiger charge is -2.39. The third-order valence-electron chi connectivity index (χ3n) is 5.69. The van der Waals surface area contributed by atoms with E-state index >= 15 is 0 Å². The number of carbonyl (C=O) groups is 3. The number of hydrogen-bond donors (Lipinski definition) is 1. The van der Waals surface area contributed by atoms with Crippen LogP contribution in [0.2, 0.25) is 0 Å². The zero-order valence-electron chi connectivity index (χ0n) is 16.8. The van der Waals surface area contributed by atoms with Gasteiger partial charge in [-0.1, -0.05) is 24.3 Å².